The lowest BCUT2D eigenvalue weighted by molar-refractivity contribution is -0.167. The number of carbonyl (C=O) groups is 2. The van der Waals surface area contributed by atoms with E-state index in [2.05, 4.69) is 20.8 Å². The highest BCUT2D eigenvalue weighted by molar-refractivity contribution is 5.79. The zero-order valence-electron chi connectivity index (χ0n) is 19.4. The van der Waals surface area contributed by atoms with Crippen molar-refractivity contribution < 1.29 is 19.8 Å². The van der Waals surface area contributed by atoms with Crippen molar-refractivity contribution in [3.8, 4) is 0 Å². The van der Waals surface area contributed by atoms with E-state index in [-0.39, 0.29) is 29.6 Å². The second-order valence-corrected chi connectivity index (χ2v) is 11.9. The van der Waals surface area contributed by atoms with Crippen molar-refractivity contribution in [3.63, 3.8) is 0 Å². The number of aliphatic hydroxyl groups excluding tert-OH is 1. The van der Waals surface area contributed by atoms with E-state index in [1.165, 1.54) is 32.1 Å². The zero-order valence-corrected chi connectivity index (χ0v) is 19.4. The SMILES string of the molecule is CC(=O)C1C[C@@H](O)CC2CC[C@@H]3[C@H](CC[C@]4(C)[C@@H]([C@H](C)CCC(=O)O)CC[C@@H]34)[C@]21C. The molecule has 0 aromatic rings. The van der Waals surface area contributed by atoms with Crippen LogP contribution in [0.15, 0.2) is 0 Å². The fourth-order valence-corrected chi connectivity index (χ4v) is 9.47. The molecule has 2 unspecified atom stereocenters. The highest BCUT2D eigenvalue weighted by Gasteiger charge is 2.63. The highest BCUT2D eigenvalue weighted by Crippen LogP contribution is 2.69. The molecule has 0 saturated heterocycles. The van der Waals surface area contributed by atoms with Gasteiger partial charge in [0.1, 0.15) is 5.78 Å². The van der Waals surface area contributed by atoms with E-state index in [1.807, 2.05) is 0 Å². The summed E-state index contributed by atoms with van der Waals surface area (Å²) in [4.78, 5) is 23.8. The number of aliphatic carboxylic acids is 1. The van der Waals surface area contributed by atoms with Crippen molar-refractivity contribution >= 4 is 11.8 Å². The Labute approximate surface area is 182 Å². The van der Waals surface area contributed by atoms with Crippen LogP contribution in [0.25, 0.3) is 0 Å². The van der Waals surface area contributed by atoms with Crippen LogP contribution in [0.5, 0.6) is 0 Å². The Morgan fingerprint density at radius 1 is 1.03 bits per heavy atom. The third-order valence-corrected chi connectivity index (χ3v) is 10.8. The molecule has 4 saturated carbocycles. The maximum atomic E-state index is 12.7. The molecule has 0 aromatic heterocycles. The van der Waals surface area contributed by atoms with Gasteiger partial charge in [0.05, 0.1) is 6.10 Å². The van der Waals surface area contributed by atoms with Gasteiger partial charge in [0.25, 0.3) is 0 Å². The summed E-state index contributed by atoms with van der Waals surface area (Å²) in [6.45, 7) is 8.93. The number of fused-ring (bicyclic) bond motifs is 5. The molecule has 170 valence electrons. The van der Waals surface area contributed by atoms with Crippen molar-refractivity contribution in [2.24, 2.45) is 52.3 Å². The van der Waals surface area contributed by atoms with Gasteiger partial charge in [-0.15, -0.1) is 0 Å². The predicted octanol–water partition coefficient (Wildman–Crippen LogP) is 5.32. The first-order chi connectivity index (χ1) is 14.1. The van der Waals surface area contributed by atoms with Gasteiger partial charge in [-0.05, 0) is 111 Å². The number of aliphatic hydroxyl groups is 1. The Hall–Kier alpha value is -0.900. The molecule has 4 aliphatic carbocycles. The molecular weight excluding hydrogens is 376 g/mol. The average Bonchev–Trinajstić information content (AvgIpc) is 3.03. The monoisotopic (exact) mass is 418 g/mol. The van der Waals surface area contributed by atoms with Crippen LogP contribution in [0.2, 0.25) is 0 Å². The lowest BCUT2D eigenvalue weighted by atomic mass is 9.42. The molecule has 4 nitrogen and oxygen atoms in total. The maximum Gasteiger partial charge on any atom is 0.303 e. The number of ketones is 1. The quantitative estimate of drug-likeness (QED) is 0.633. The largest absolute Gasteiger partial charge is 0.481 e. The summed E-state index contributed by atoms with van der Waals surface area (Å²) in [5.74, 6) is 3.20. The number of hydrogen-bond donors (Lipinski definition) is 2. The fraction of sp³-hybridized carbons (Fsp3) is 0.923. The first-order valence-electron chi connectivity index (χ1n) is 12.5. The predicted molar refractivity (Wildman–Crippen MR) is 117 cm³/mol. The van der Waals surface area contributed by atoms with Gasteiger partial charge < -0.3 is 10.2 Å². The summed E-state index contributed by atoms with van der Waals surface area (Å²) in [6.07, 6.45) is 9.63. The van der Waals surface area contributed by atoms with E-state index < -0.39 is 5.97 Å². The molecule has 0 radical (unpaired) electrons. The van der Waals surface area contributed by atoms with Gasteiger partial charge in [-0.2, -0.15) is 0 Å². The number of carbonyl (C=O) groups excluding carboxylic acids is 1. The molecule has 0 amide bonds. The molecule has 2 N–H and O–H groups in total. The third kappa shape index (κ3) is 3.36. The molecule has 30 heavy (non-hydrogen) atoms. The second-order valence-electron chi connectivity index (χ2n) is 11.9. The van der Waals surface area contributed by atoms with Crippen LogP contribution in [0.4, 0.5) is 0 Å². The zero-order chi connectivity index (χ0) is 21.8. The Morgan fingerprint density at radius 2 is 1.77 bits per heavy atom. The van der Waals surface area contributed by atoms with Crippen LogP contribution < -0.4 is 0 Å². The van der Waals surface area contributed by atoms with Gasteiger partial charge in [-0.3, -0.25) is 9.59 Å². The van der Waals surface area contributed by atoms with Gasteiger partial charge in [0.2, 0.25) is 0 Å². The number of carboxylic acids is 1. The molecule has 0 aromatic carbocycles. The molecule has 4 aliphatic rings. The molecule has 4 heteroatoms. The molecule has 0 aliphatic heterocycles. The third-order valence-electron chi connectivity index (χ3n) is 10.8. The van der Waals surface area contributed by atoms with Crippen molar-refractivity contribution in [2.45, 2.75) is 98.0 Å². The summed E-state index contributed by atoms with van der Waals surface area (Å²) in [5.41, 5.74) is 0.366. The first kappa shape index (κ1) is 22.3. The van der Waals surface area contributed by atoms with Gasteiger partial charge in [0.15, 0.2) is 0 Å². The van der Waals surface area contributed by atoms with Crippen LogP contribution in [-0.2, 0) is 9.59 Å². The molecule has 0 spiro atoms. The van der Waals surface area contributed by atoms with Gasteiger partial charge in [-0.25, -0.2) is 0 Å². The molecule has 0 bridgehead atoms. The summed E-state index contributed by atoms with van der Waals surface area (Å²) < 4.78 is 0. The van der Waals surface area contributed by atoms with Crippen molar-refractivity contribution in [2.75, 3.05) is 0 Å². The second kappa shape index (κ2) is 7.90. The standard InChI is InChI=1S/C26H42O4/c1-15(5-10-24(29)30)20-8-9-21-19-7-6-17-13-18(28)14-23(16(2)27)26(17,4)22(19)11-12-25(20,21)3/h15,17-23,28H,5-14H2,1-4H3,(H,29,30)/t15-,17?,18+,19+,20-,21+,22+,23?,25-,26+/m1/s1. The van der Waals surface area contributed by atoms with Crippen molar-refractivity contribution in [1.29, 1.82) is 0 Å². The summed E-state index contributed by atoms with van der Waals surface area (Å²) in [7, 11) is 0. The van der Waals surface area contributed by atoms with E-state index in [1.54, 1.807) is 6.92 Å². The average molecular weight is 419 g/mol. The fourth-order valence-electron chi connectivity index (χ4n) is 9.47. The van der Waals surface area contributed by atoms with Crippen LogP contribution >= 0.6 is 0 Å². The maximum absolute atomic E-state index is 12.7. The first-order valence-corrected chi connectivity index (χ1v) is 12.5. The molecule has 4 fully saturated rings. The summed E-state index contributed by atoms with van der Waals surface area (Å²) >= 11 is 0. The van der Waals surface area contributed by atoms with Crippen LogP contribution in [-0.4, -0.2) is 28.1 Å². The van der Waals surface area contributed by atoms with E-state index >= 15 is 0 Å². The minimum absolute atomic E-state index is 0.00935. The Bertz CT molecular complexity index is 689. The van der Waals surface area contributed by atoms with E-state index in [9.17, 15) is 14.7 Å². The lowest BCUT2D eigenvalue weighted by Gasteiger charge is -2.63. The summed E-state index contributed by atoms with van der Waals surface area (Å²) in [5, 5.41) is 19.6. The van der Waals surface area contributed by atoms with Crippen LogP contribution in [0.3, 0.4) is 0 Å². The van der Waals surface area contributed by atoms with Crippen LogP contribution in [0.1, 0.15) is 91.9 Å². The van der Waals surface area contributed by atoms with Gasteiger partial charge in [-0.1, -0.05) is 20.8 Å². The molecule has 10 atom stereocenters. The Kier molecular flexibility index (Phi) is 5.87. The Morgan fingerprint density at radius 3 is 2.43 bits per heavy atom. The van der Waals surface area contributed by atoms with E-state index in [4.69, 9.17) is 5.11 Å². The van der Waals surface area contributed by atoms with E-state index in [0.29, 0.717) is 47.3 Å². The topological polar surface area (TPSA) is 74.6 Å². The number of Topliss-reactive ketones (excluding diaryl/α,β-unsaturated/α-hetero) is 1. The smallest absolute Gasteiger partial charge is 0.303 e. The number of hydrogen-bond acceptors (Lipinski definition) is 3. The molecule has 4 rings (SSSR count). The van der Waals surface area contributed by atoms with Crippen molar-refractivity contribution in [3.05, 3.63) is 0 Å². The summed E-state index contributed by atoms with van der Waals surface area (Å²) in [6, 6.07) is 0. The Balaban J connectivity index is 1.58. The molecule has 0 heterocycles. The number of rotatable bonds is 5. The normalized spacial score (nSPS) is 48.9. The molecular formula is C26H42O4. The number of carboxylic acid groups (broad SMARTS) is 1. The van der Waals surface area contributed by atoms with Crippen LogP contribution in [0, 0.1) is 52.3 Å². The highest BCUT2D eigenvalue weighted by atomic mass is 16.4. The minimum Gasteiger partial charge on any atom is -0.481 e. The van der Waals surface area contributed by atoms with Crippen molar-refractivity contribution in [1.82, 2.24) is 0 Å². The van der Waals surface area contributed by atoms with Gasteiger partial charge in [0, 0.05) is 12.3 Å². The van der Waals surface area contributed by atoms with Gasteiger partial charge >= 0.3 is 5.97 Å². The lowest BCUT2D eigenvalue weighted by Crippen LogP contribution is -2.58. The van der Waals surface area contributed by atoms with E-state index in [0.717, 1.165) is 19.3 Å². The minimum atomic E-state index is -0.675.